The molecule has 140 valence electrons. The van der Waals surface area contributed by atoms with Gasteiger partial charge >= 0.3 is 0 Å². The molecule has 6 nitrogen and oxygen atoms in total. The Labute approximate surface area is 157 Å². The lowest BCUT2D eigenvalue weighted by Gasteiger charge is -2.36. The van der Waals surface area contributed by atoms with Crippen molar-refractivity contribution in [2.24, 2.45) is 5.41 Å². The van der Waals surface area contributed by atoms with E-state index in [0.29, 0.717) is 18.3 Å². The van der Waals surface area contributed by atoms with Crippen molar-refractivity contribution in [1.29, 1.82) is 0 Å². The van der Waals surface area contributed by atoms with Crippen LogP contribution in [0.1, 0.15) is 65.5 Å². The first-order chi connectivity index (χ1) is 12.5. The normalized spacial score (nSPS) is 22.5. The molecule has 0 saturated carbocycles. The molecule has 2 aliphatic rings. The van der Waals surface area contributed by atoms with Crippen LogP contribution in [-0.2, 0) is 4.74 Å². The third-order valence-corrected chi connectivity index (χ3v) is 6.73. The van der Waals surface area contributed by atoms with Crippen molar-refractivity contribution in [2.45, 2.75) is 45.4 Å². The molecular weight excluding hydrogens is 350 g/mol. The predicted molar refractivity (Wildman–Crippen MR) is 98.6 cm³/mol. The SMILES string of the molecule is Cc1ccsc1C(=O)N1CC(c2nnc(C(C)C)o2)C2(CCOCC2)C1. The molecule has 1 spiro atoms. The number of carbonyl (C=O) groups excluding carboxylic acids is 1. The van der Waals surface area contributed by atoms with Crippen LogP contribution in [-0.4, -0.2) is 47.3 Å². The molecule has 0 radical (unpaired) electrons. The van der Waals surface area contributed by atoms with Crippen LogP contribution in [0.15, 0.2) is 15.9 Å². The van der Waals surface area contributed by atoms with Crippen molar-refractivity contribution >= 4 is 17.2 Å². The number of aryl methyl sites for hydroxylation is 1. The van der Waals surface area contributed by atoms with Gasteiger partial charge in [-0.1, -0.05) is 13.8 Å². The lowest BCUT2D eigenvalue weighted by molar-refractivity contribution is 0.00890. The van der Waals surface area contributed by atoms with Crippen LogP contribution in [0, 0.1) is 12.3 Å². The largest absolute Gasteiger partial charge is 0.425 e. The standard InChI is InChI=1S/C19H25N3O3S/c1-12(2)16-20-21-17(25-16)14-10-22(11-19(14)5-7-24-8-6-19)18(23)15-13(3)4-9-26-15/h4,9,12,14H,5-8,10-11H2,1-3H3. The van der Waals surface area contributed by atoms with Gasteiger partial charge in [0.25, 0.3) is 5.91 Å². The van der Waals surface area contributed by atoms with Gasteiger partial charge in [-0.25, -0.2) is 0 Å². The number of thiophene rings is 1. The third-order valence-electron chi connectivity index (χ3n) is 5.73. The van der Waals surface area contributed by atoms with Crippen molar-refractivity contribution in [3.63, 3.8) is 0 Å². The zero-order chi connectivity index (χ0) is 18.3. The Hall–Kier alpha value is -1.73. The van der Waals surface area contributed by atoms with E-state index in [0.717, 1.165) is 43.0 Å². The molecule has 2 aromatic heterocycles. The minimum absolute atomic E-state index is 0.0279. The molecule has 2 fully saturated rings. The van der Waals surface area contributed by atoms with Gasteiger partial charge in [0.05, 0.1) is 10.8 Å². The highest BCUT2D eigenvalue weighted by Crippen LogP contribution is 2.49. The van der Waals surface area contributed by atoms with E-state index >= 15 is 0 Å². The van der Waals surface area contributed by atoms with Gasteiger partial charge in [0.2, 0.25) is 11.8 Å². The molecule has 4 heterocycles. The summed E-state index contributed by atoms with van der Waals surface area (Å²) in [7, 11) is 0. The Bertz CT molecular complexity index is 792. The van der Waals surface area contributed by atoms with E-state index in [2.05, 4.69) is 10.2 Å². The quantitative estimate of drug-likeness (QED) is 0.820. The van der Waals surface area contributed by atoms with Crippen LogP contribution in [0.25, 0.3) is 0 Å². The van der Waals surface area contributed by atoms with Crippen LogP contribution in [0.5, 0.6) is 0 Å². The van der Waals surface area contributed by atoms with Gasteiger partial charge in [-0.15, -0.1) is 21.5 Å². The Kier molecular flexibility index (Phi) is 4.61. The zero-order valence-electron chi connectivity index (χ0n) is 15.5. The average molecular weight is 375 g/mol. The smallest absolute Gasteiger partial charge is 0.264 e. The lowest BCUT2D eigenvalue weighted by atomic mass is 9.72. The van der Waals surface area contributed by atoms with Crippen molar-refractivity contribution in [3.05, 3.63) is 33.7 Å². The molecule has 0 aromatic carbocycles. The highest BCUT2D eigenvalue weighted by molar-refractivity contribution is 7.12. The van der Waals surface area contributed by atoms with Gasteiger partial charge in [-0.3, -0.25) is 4.79 Å². The van der Waals surface area contributed by atoms with Gasteiger partial charge in [-0.05, 0) is 36.8 Å². The third kappa shape index (κ3) is 2.97. The fourth-order valence-electron chi connectivity index (χ4n) is 4.10. The van der Waals surface area contributed by atoms with E-state index in [1.165, 1.54) is 11.3 Å². The van der Waals surface area contributed by atoms with Gasteiger partial charge in [0, 0.05) is 37.6 Å². The summed E-state index contributed by atoms with van der Waals surface area (Å²) in [5.41, 5.74) is 1.02. The second kappa shape index (κ2) is 6.78. The molecule has 4 rings (SSSR count). The summed E-state index contributed by atoms with van der Waals surface area (Å²) in [6.45, 7) is 8.90. The minimum Gasteiger partial charge on any atom is -0.425 e. The Morgan fingerprint density at radius 1 is 1.35 bits per heavy atom. The molecule has 7 heteroatoms. The Morgan fingerprint density at radius 3 is 2.73 bits per heavy atom. The van der Waals surface area contributed by atoms with Crippen LogP contribution in [0.3, 0.4) is 0 Å². The van der Waals surface area contributed by atoms with Gasteiger partial charge < -0.3 is 14.1 Å². The van der Waals surface area contributed by atoms with Gasteiger partial charge in [0.1, 0.15) is 0 Å². The first-order valence-electron chi connectivity index (χ1n) is 9.24. The number of nitrogens with zero attached hydrogens (tertiary/aromatic N) is 3. The van der Waals surface area contributed by atoms with Crippen molar-refractivity contribution in [2.75, 3.05) is 26.3 Å². The van der Waals surface area contributed by atoms with Gasteiger partial charge in [-0.2, -0.15) is 0 Å². The number of likely N-dealkylation sites (tertiary alicyclic amines) is 1. The van der Waals surface area contributed by atoms with E-state index in [1.807, 2.05) is 37.1 Å². The average Bonchev–Trinajstić information content (AvgIpc) is 3.34. The molecule has 0 N–H and O–H groups in total. The monoisotopic (exact) mass is 375 g/mol. The zero-order valence-corrected chi connectivity index (χ0v) is 16.3. The number of hydrogen-bond acceptors (Lipinski definition) is 6. The van der Waals surface area contributed by atoms with E-state index in [9.17, 15) is 4.79 Å². The van der Waals surface area contributed by atoms with Crippen molar-refractivity contribution in [1.82, 2.24) is 15.1 Å². The van der Waals surface area contributed by atoms with Crippen molar-refractivity contribution < 1.29 is 13.9 Å². The number of aromatic nitrogens is 2. The minimum atomic E-state index is -0.0279. The molecule has 2 saturated heterocycles. The highest BCUT2D eigenvalue weighted by Gasteiger charge is 2.51. The van der Waals surface area contributed by atoms with Crippen LogP contribution in [0.2, 0.25) is 0 Å². The Balaban J connectivity index is 1.64. The molecule has 1 atom stereocenters. The summed E-state index contributed by atoms with van der Waals surface area (Å²) < 4.78 is 11.6. The number of rotatable bonds is 3. The molecule has 0 aliphatic carbocycles. The van der Waals surface area contributed by atoms with E-state index in [-0.39, 0.29) is 23.2 Å². The van der Waals surface area contributed by atoms with E-state index in [4.69, 9.17) is 9.15 Å². The van der Waals surface area contributed by atoms with Crippen LogP contribution >= 0.6 is 11.3 Å². The highest BCUT2D eigenvalue weighted by atomic mass is 32.1. The topological polar surface area (TPSA) is 68.5 Å². The summed E-state index contributed by atoms with van der Waals surface area (Å²) >= 11 is 1.52. The summed E-state index contributed by atoms with van der Waals surface area (Å²) in [5.74, 6) is 1.75. The predicted octanol–water partition coefficient (Wildman–Crippen LogP) is 3.60. The molecule has 1 amide bonds. The maximum atomic E-state index is 13.1. The number of amides is 1. The van der Waals surface area contributed by atoms with E-state index in [1.54, 1.807) is 0 Å². The maximum Gasteiger partial charge on any atom is 0.264 e. The lowest BCUT2D eigenvalue weighted by Crippen LogP contribution is -2.37. The summed E-state index contributed by atoms with van der Waals surface area (Å²) in [5, 5.41) is 10.6. The first kappa shape index (κ1) is 17.7. The van der Waals surface area contributed by atoms with Crippen LogP contribution in [0.4, 0.5) is 0 Å². The first-order valence-corrected chi connectivity index (χ1v) is 10.1. The van der Waals surface area contributed by atoms with Gasteiger partial charge in [0.15, 0.2) is 0 Å². The summed E-state index contributed by atoms with van der Waals surface area (Å²) in [4.78, 5) is 15.9. The summed E-state index contributed by atoms with van der Waals surface area (Å²) in [6, 6.07) is 2.00. The second-order valence-electron chi connectivity index (χ2n) is 7.78. The molecule has 26 heavy (non-hydrogen) atoms. The summed E-state index contributed by atoms with van der Waals surface area (Å²) in [6.07, 6.45) is 1.84. The maximum absolute atomic E-state index is 13.1. The van der Waals surface area contributed by atoms with Crippen molar-refractivity contribution in [3.8, 4) is 0 Å². The fraction of sp³-hybridized carbons (Fsp3) is 0.632. The van der Waals surface area contributed by atoms with E-state index < -0.39 is 0 Å². The fourth-order valence-corrected chi connectivity index (χ4v) is 5.00. The number of ether oxygens (including phenoxy) is 1. The number of carbonyl (C=O) groups is 1. The second-order valence-corrected chi connectivity index (χ2v) is 8.70. The molecule has 1 unspecified atom stereocenters. The molecular formula is C19H25N3O3S. The molecule has 0 bridgehead atoms. The van der Waals surface area contributed by atoms with Crippen LogP contribution < -0.4 is 0 Å². The number of hydrogen-bond donors (Lipinski definition) is 0. The Morgan fingerprint density at radius 2 is 2.12 bits per heavy atom. The molecule has 2 aromatic rings. The molecule has 2 aliphatic heterocycles.